The number of rotatable bonds is 4. The molecule has 27 heavy (non-hydrogen) atoms. The molecule has 1 saturated heterocycles. The minimum atomic E-state index is -0.802. The van der Waals surface area contributed by atoms with E-state index in [0.717, 1.165) is 11.3 Å². The molecule has 3 aromatic rings. The Hall–Kier alpha value is -3.25. The summed E-state index contributed by atoms with van der Waals surface area (Å²) in [6.45, 7) is 0. The number of amides is 2. The molecule has 0 aliphatic carbocycles. The van der Waals surface area contributed by atoms with Crippen LogP contribution < -0.4 is 15.8 Å². The van der Waals surface area contributed by atoms with Crippen molar-refractivity contribution in [1.29, 1.82) is 0 Å². The van der Waals surface area contributed by atoms with Crippen LogP contribution in [0.4, 0.5) is 5.69 Å². The molecule has 2 atom stereocenters. The molecule has 1 fully saturated rings. The Kier molecular flexibility index (Phi) is 4.56. The molecule has 0 spiro atoms. The van der Waals surface area contributed by atoms with Crippen molar-refractivity contribution >= 4 is 29.1 Å². The summed E-state index contributed by atoms with van der Waals surface area (Å²) in [5.74, 6) is -0.608. The normalized spacial score (nSPS) is 19.0. The number of hydrogen-bond acceptors (Lipinski definition) is 4. The van der Waals surface area contributed by atoms with E-state index in [-0.39, 0.29) is 11.7 Å². The second kappa shape index (κ2) is 7.17. The average Bonchev–Trinajstić information content (AvgIpc) is 3.33. The highest BCUT2D eigenvalue weighted by molar-refractivity contribution is 6.30. The molecule has 0 saturated carbocycles. The number of para-hydroxylation sites is 1. The first-order valence-electron chi connectivity index (χ1n) is 8.38. The van der Waals surface area contributed by atoms with E-state index in [1.807, 2.05) is 42.5 Å². The third kappa shape index (κ3) is 3.39. The number of benzene rings is 2. The van der Waals surface area contributed by atoms with Gasteiger partial charge in [-0.1, -0.05) is 41.9 Å². The van der Waals surface area contributed by atoms with Gasteiger partial charge in [-0.05, 0) is 42.0 Å². The maximum absolute atomic E-state index is 12.7. The van der Waals surface area contributed by atoms with E-state index in [1.165, 1.54) is 6.26 Å². The van der Waals surface area contributed by atoms with Crippen LogP contribution in [0.25, 0.3) is 0 Å². The lowest BCUT2D eigenvalue weighted by molar-refractivity contribution is -0.120. The van der Waals surface area contributed by atoms with Gasteiger partial charge in [-0.25, -0.2) is 0 Å². The van der Waals surface area contributed by atoms with Gasteiger partial charge in [0.1, 0.15) is 12.1 Å². The molecule has 0 radical (unpaired) electrons. The number of carbonyl (C=O) groups is 2. The topological polar surface area (TPSA) is 74.6 Å². The van der Waals surface area contributed by atoms with Gasteiger partial charge < -0.3 is 9.73 Å². The van der Waals surface area contributed by atoms with Crippen LogP contribution in [-0.2, 0) is 4.79 Å². The average molecular weight is 382 g/mol. The molecule has 2 heterocycles. The van der Waals surface area contributed by atoms with Crippen molar-refractivity contribution in [3.05, 3.63) is 89.3 Å². The van der Waals surface area contributed by atoms with Crippen molar-refractivity contribution in [2.75, 3.05) is 5.01 Å². The summed E-state index contributed by atoms with van der Waals surface area (Å²) in [6.07, 6.45) is 1.41. The maximum atomic E-state index is 12.7. The van der Waals surface area contributed by atoms with Crippen LogP contribution >= 0.6 is 11.6 Å². The van der Waals surface area contributed by atoms with E-state index in [4.69, 9.17) is 16.0 Å². The molecular weight excluding hydrogens is 366 g/mol. The number of furan rings is 1. The fraction of sp³-hybridized carbons (Fsp3) is 0.100. The summed E-state index contributed by atoms with van der Waals surface area (Å²) in [6, 6.07) is 18.6. The molecule has 1 aliphatic rings. The largest absolute Gasteiger partial charge is 0.459 e. The smallest absolute Gasteiger partial charge is 0.287 e. The zero-order chi connectivity index (χ0) is 18.8. The predicted octanol–water partition coefficient (Wildman–Crippen LogP) is 3.32. The Bertz CT molecular complexity index is 942. The predicted molar refractivity (Wildman–Crippen MR) is 101 cm³/mol. The van der Waals surface area contributed by atoms with E-state index in [9.17, 15) is 9.59 Å². The van der Waals surface area contributed by atoms with Gasteiger partial charge in [0.15, 0.2) is 5.76 Å². The van der Waals surface area contributed by atoms with Crippen molar-refractivity contribution < 1.29 is 14.0 Å². The highest BCUT2D eigenvalue weighted by atomic mass is 35.5. The zero-order valence-corrected chi connectivity index (χ0v) is 14.9. The number of carbonyl (C=O) groups excluding carboxylic acids is 2. The van der Waals surface area contributed by atoms with Crippen LogP contribution in [0.3, 0.4) is 0 Å². The monoisotopic (exact) mass is 381 g/mol. The second-order valence-corrected chi connectivity index (χ2v) is 6.54. The SMILES string of the molecule is O=C(N[C@@H]1C(=O)NN(c2ccccc2)[C@H]1c1ccc(Cl)cc1)c1ccco1. The van der Waals surface area contributed by atoms with E-state index in [1.54, 1.807) is 29.3 Å². The molecule has 4 rings (SSSR count). The standard InChI is InChI=1S/C20H16ClN3O3/c21-14-10-8-13(9-11-14)18-17(22-19(25)16-7-4-12-27-16)20(26)23-24(18)15-5-2-1-3-6-15/h1-12,17-18H,(H,22,25)(H,23,26)/t17-,18-/m0/s1. The first-order valence-corrected chi connectivity index (χ1v) is 8.76. The maximum Gasteiger partial charge on any atom is 0.287 e. The van der Waals surface area contributed by atoms with E-state index in [0.29, 0.717) is 5.02 Å². The van der Waals surface area contributed by atoms with Gasteiger partial charge >= 0.3 is 0 Å². The molecule has 6 nitrogen and oxygen atoms in total. The van der Waals surface area contributed by atoms with E-state index >= 15 is 0 Å². The van der Waals surface area contributed by atoms with Crippen LogP contribution in [0.2, 0.25) is 5.02 Å². The lowest BCUT2D eigenvalue weighted by atomic mass is 9.99. The summed E-state index contributed by atoms with van der Waals surface area (Å²) >= 11 is 6.01. The van der Waals surface area contributed by atoms with Crippen LogP contribution in [0, 0.1) is 0 Å². The van der Waals surface area contributed by atoms with Crippen LogP contribution in [0.1, 0.15) is 22.2 Å². The summed E-state index contributed by atoms with van der Waals surface area (Å²) < 4.78 is 5.13. The minimum Gasteiger partial charge on any atom is -0.459 e. The van der Waals surface area contributed by atoms with Crippen LogP contribution in [0.5, 0.6) is 0 Å². The van der Waals surface area contributed by atoms with Gasteiger partial charge in [-0.15, -0.1) is 0 Å². The third-order valence-corrected chi connectivity index (χ3v) is 4.64. The van der Waals surface area contributed by atoms with Crippen molar-refractivity contribution in [2.45, 2.75) is 12.1 Å². The Morgan fingerprint density at radius 2 is 1.78 bits per heavy atom. The number of nitrogens with zero attached hydrogens (tertiary/aromatic N) is 1. The molecule has 0 bridgehead atoms. The van der Waals surface area contributed by atoms with Crippen molar-refractivity contribution in [2.24, 2.45) is 0 Å². The van der Waals surface area contributed by atoms with Gasteiger partial charge in [-0.2, -0.15) is 0 Å². The molecule has 0 unspecified atom stereocenters. The van der Waals surface area contributed by atoms with Crippen molar-refractivity contribution in [3.63, 3.8) is 0 Å². The Morgan fingerprint density at radius 3 is 2.44 bits per heavy atom. The molecule has 7 heteroatoms. The number of anilines is 1. The minimum absolute atomic E-state index is 0.149. The number of hydrogen-bond donors (Lipinski definition) is 2. The number of hydrazine groups is 1. The molecule has 136 valence electrons. The summed E-state index contributed by atoms with van der Waals surface area (Å²) in [7, 11) is 0. The molecular formula is C20H16ClN3O3. The fourth-order valence-corrected chi connectivity index (χ4v) is 3.26. The quantitative estimate of drug-likeness (QED) is 0.727. The van der Waals surface area contributed by atoms with Gasteiger partial charge in [-0.3, -0.25) is 20.0 Å². The summed E-state index contributed by atoms with van der Waals surface area (Å²) in [5, 5.41) is 5.12. The molecule has 1 aliphatic heterocycles. The van der Waals surface area contributed by atoms with Crippen molar-refractivity contribution in [1.82, 2.24) is 10.7 Å². The molecule has 2 N–H and O–H groups in total. The highest BCUT2D eigenvalue weighted by Crippen LogP contribution is 2.33. The van der Waals surface area contributed by atoms with Gasteiger partial charge in [0.25, 0.3) is 11.8 Å². The highest BCUT2D eigenvalue weighted by Gasteiger charge is 2.43. The summed E-state index contributed by atoms with van der Waals surface area (Å²) in [4.78, 5) is 25.1. The first kappa shape index (κ1) is 17.2. The molecule has 2 aromatic carbocycles. The van der Waals surface area contributed by atoms with E-state index < -0.39 is 18.0 Å². The van der Waals surface area contributed by atoms with E-state index in [2.05, 4.69) is 10.7 Å². The number of halogens is 1. The zero-order valence-electron chi connectivity index (χ0n) is 14.1. The molecule has 2 amide bonds. The fourth-order valence-electron chi connectivity index (χ4n) is 3.13. The van der Waals surface area contributed by atoms with Gasteiger partial charge in [0.05, 0.1) is 12.0 Å². The van der Waals surface area contributed by atoms with Crippen molar-refractivity contribution in [3.8, 4) is 0 Å². The van der Waals surface area contributed by atoms with Crippen LogP contribution in [0.15, 0.2) is 77.4 Å². The Morgan fingerprint density at radius 1 is 1.04 bits per heavy atom. The van der Waals surface area contributed by atoms with Crippen LogP contribution in [-0.4, -0.2) is 17.9 Å². The van der Waals surface area contributed by atoms with Gasteiger partial charge in [0.2, 0.25) is 0 Å². The van der Waals surface area contributed by atoms with Gasteiger partial charge in [0, 0.05) is 5.02 Å². The second-order valence-electron chi connectivity index (χ2n) is 6.11. The Labute approximate surface area is 160 Å². The third-order valence-electron chi connectivity index (χ3n) is 4.38. The summed E-state index contributed by atoms with van der Waals surface area (Å²) in [5.41, 5.74) is 4.50. The number of nitrogens with one attached hydrogen (secondary N) is 2. The molecule has 1 aromatic heterocycles. The lowest BCUT2D eigenvalue weighted by Gasteiger charge is -2.28. The Balaban J connectivity index is 1.70. The first-order chi connectivity index (χ1) is 13.1. The lowest BCUT2D eigenvalue weighted by Crippen LogP contribution is -2.43.